The van der Waals surface area contributed by atoms with Crippen molar-refractivity contribution in [3.05, 3.63) is 45.5 Å². The van der Waals surface area contributed by atoms with Crippen LogP contribution in [-0.2, 0) is 6.42 Å². The Kier molecular flexibility index (Phi) is 4.33. The van der Waals surface area contributed by atoms with Crippen LogP contribution in [-0.4, -0.2) is 22.6 Å². The Morgan fingerprint density at radius 2 is 2.33 bits per heavy atom. The van der Waals surface area contributed by atoms with Crippen molar-refractivity contribution in [1.82, 2.24) is 15.5 Å². The summed E-state index contributed by atoms with van der Waals surface area (Å²) in [5.41, 5.74) is 0.532. The quantitative estimate of drug-likeness (QED) is 0.935. The lowest BCUT2D eigenvalue weighted by molar-refractivity contribution is 0.0952. The van der Waals surface area contributed by atoms with E-state index in [-0.39, 0.29) is 5.91 Å². The smallest absolute Gasteiger partial charge is 0.252 e. The van der Waals surface area contributed by atoms with Gasteiger partial charge in [-0.05, 0) is 34.1 Å². The van der Waals surface area contributed by atoms with Crippen molar-refractivity contribution in [2.75, 3.05) is 6.54 Å². The molecule has 0 atom stereocenters. The molecule has 0 unspecified atom stereocenters. The van der Waals surface area contributed by atoms with Gasteiger partial charge in [-0.3, -0.25) is 4.79 Å². The monoisotopic (exact) mass is 329 g/mol. The van der Waals surface area contributed by atoms with Crippen LogP contribution in [0.2, 0.25) is 5.02 Å². The number of carbonyl (C=O) groups is 1. The van der Waals surface area contributed by atoms with Gasteiger partial charge in [0.1, 0.15) is 0 Å². The molecule has 1 N–H and O–H groups in total. The van der Waals surface area contributed by atoms with Crippen LogP contribution >= 0.6 is 27.5 Å². The Morgan fingerprint density at radius 3 is 3.00 bits per heavy atom. The Hall–Kier alpha value is -1.40. The minimum absolute atomic E-state index is 0.182. The van der Waals surface area contributed by atoms with Crippen molar-refractivity contribution in [1.29, 1.82) is 0 Å². The van der Waals surface area contributed by atoms with Crippen LogP contribution in [0.25, 0.3) is 0 Å². The van der Waals surface area contributed by atoms with Crippen molar-refractivity contribution < 1.29 is 9.32 Å². The van der Waals surface area contributed by atoms with E-state index in [1.165, 1.54) is 6.33 Å². The Labute approximate surface area is 117 Å². The molecule has 1 amide bonds. The number of nitrogens with zero attached hydrogens (tertiary/aromatic N) is 2. The van der Waals surface area contributed by atoms with Crippen LogP contribution in [0.15, 0.2) is 33.5 Å². The Bertz CT molecular complexity index is 545. The van der Waals surface area contributed by atoms with Crippen LogP contribution < -0.4 is 5.32 Å². The minimum atomic E-state index is -0.182. The van der Waals surface area contributed by atoms with E-state index in [0.29, 0.717) is 33.9 Å². The first-order chi connectivity index (χ1) is 8.66. The molecular formula is C11H9BrClN3O2. The minimum Gasteiger partial charge on any atom is -0.351 e. The summed E-state index contributed by atoms with van der Waals surface area (Å²) in [6, 6.07) is 5.00. The molecule has 5 nitrogen and oxygen atoms in total. The number of halogens is 2. The normalized spacial score (nSPS) is 10.3. The predicted molar refractivity (Wildman–Crippen MR) is 69.5 cm³/mol. The predicted octanol–water partition coefficient (Wildman–Crippen LogP) is 2.46. The maximum Gasteiger partial charge on any atom is 0.252 e. The van der Waals surface area contributed by atoms with Crippen molar-refractivity contribution >= 4 is 33.4 Å². The Morgan fingerprint density at radius 1 is 1.50 bits per heavy atom. The highest BCUT2D eigenvalue weighted by Crippen LogP contribution is 2.21. The number of carbonyl (C=O) groups excluding carboxylic acids is 1. The number of nitrogens with one attached hydrogen (secondary N) is 1. The third-order valence-corrected chi connectivity index (χ3v) is 3.10. The molecule has 0 saturated heterocycles. The first kappa shape index (κ1) is 13.0. The summed E-state index contributed by atoms with van der Waals surface area (Å²) in [4.78, 5) is 15.7. The standard InChI is InChI=1S/C11H9BrClN3O2/c12-9-5-7(13)1-2-8(9)11(17)14-4-3-10-15-6-16-18-10/h1-2,5-6H,3-4H2,(H,14,17). The fraction of sp³-hybridized carbons (Fsp3) is 0.182. The number of rotatable bonds is 4. The van der Waals surface area contributed by atoms with Gasteiger partial charge in [-0.2, -0.15) is 4.98 Å². The van der Waals surface area contributed by atoms with E-state index in [2.05, 4.69) is 31.4 Å². The molecule has 2 rings (SSSR count). The van der Waals surface area contributed by atoms with Gasteiger partial charge in [0.25, 0.3) is 5.91 Å². The summed E-state index contributed by atoms with van der Waals surface area (Å²) in [6.07, 6.45) is 1.82. The molecule has 7 heteroatoms. The molecule has 0 saturated carbocycles. The Balaban J connectivity index is 1.91. The van der Waals surface area contributed by atoms with Gasteiger partial charge < -0.3 is 9.84 Å². The number of aromatic nitrogens is 2. The molecule has 0 aliphatic carbocycles. The number of hydrogen-bond acceptors (Lipinski definition) is 4. The van der Waals surface area contributed by atoms with E-state index in [0.717, 1.165) is 0 Å². The molecule has 0 aliphatic heterocycles. The van der Waals surface area contributed by atoms with E-state index >= 15 is 0 Å². The van der Waals surface area contributed by atoms with Gasteiger partial charge in [0, 0.05) is 22.5 Å². The highest BCUT2D eigenvalue weighted by molar-refractivity contribution is 9.10. The first-order valence-electron chi connectivity index (χ1n) is 5.15. The lowest BCUT2D eigenvalue weighted by Crippen LogP contribution is -2.26. The van der Waals surface area contributed by atoms with Gasteiger partial charge in [0.05, 0.1) is 5.56 Å². The zero-order valence-electron chi connectivity index (χ0n) is 9.19. The molecule has 0 radical (unpaired) electrons. The van der Waals surface area contributed by atoms with Crippen molar-refractivity contribution in [2.24, 2.45) is 0 Å². The molecule has 0 fully saturated rings. The summed E-state index contributed by atoms with van der Waals surface area (Å²) >= 11 is 9.10. The third kappa shape index (κ3) is 3.30. The second-order valence-electron chi connectivity index (χ2n) is 3.47. The highest BCUT2D eigenvalue weighted by atomic mass is 79.9. The topological polar surface area (TPSA) is 68.0 Å². The van der Waals surface area contributed by atoms with E-state index in [1.807, 2.05) is 0 Å². The van der Waals surface area contributed by atoms with Crippen molar-refractivity contribution in [3.63, 3.8) is 0 Å². The van der Waals surface area contributed by atoms with Crippen LogP contribution in [0, 0.1) is 0 Å². The molecular weight excluding hydrogens is 321 g/mol. The lowest BCUT2D eigenvalue weighted by atomic mass is 10.2. The van der Waals surface area contributed by atoms with Crippen LogP contribution in [0.5, 0.6) is 0 Å². The average Bonchev–Trinajstić information content (AvgIpc) is 2.81. The summed E-state index contributed by atoms with van der Waals surface area (Å²) in [6.45, 7) is 0.427. The van der Waals surface area contributed by atoms with E-state index in [9.17, 15) is 4.79 Å². The van der Waals surface area contributed by atoms with Gasteiger partial charge in [-0.15, -0.1) is 0 Å². The van der Waals surface area contributed by atoms with Gasteiger partial charge >= 0.3 is 0 Å². The molecule has 1 aromatic carbocycles. The van der Waals surface area contributed by atoms with E-state index in [4.69, 9.17) is 16.1 Å². The molecule has 0 spiro atoms. The lowest BCUT2D eigenvalue weighted by Gasteiger charge is -2.05. The number of hydrogen-bond donors (Lipinski definition) is 1. The summed E-state index contributed by atoms with van der Waals surface area (Å²) < 4.78 is 5.48. The SMILES string of the molecule is O=C(NCCc1ncno1)c1ccc(Cl)cc1Br. The maximum atomic E-state index is 11.9. The van der Waals surface area contributed by atoms with Crippen molar-refractivity contribution in [2.45, 2.75) is 6.42 Å². The van der Waals surface area contributed by atoms with Gasteiger partial charge in [0.15, 0.2) is 6.33 Å². The highest BCUT2D eigenvalue weighted by Gasteiger charge is 2.10. The second-order valence-corrected chi connectivity index (χ2v) is 4.76. The molecule has 2 aromatic rings. The van der Waals surface area contributed by atoms with E-state index < -0.39 is 0 Å². The molecule has 1 aromatic heterocycles. The number of benzene rings is 1. The van der Waals surface area contributed by atoms with Crippen LogP contribution in [0.1, 0.15) is 16.2 Å². The van der Waals surface area contributed by atoms with Crippen LogP contribution in [0.3, 0.4) is 0 Å². The van der Waals surface area contributed by atoms with Gasteiger partial charge in [-0.25, -0.2) is 0 Å². The van der Waals surface area contributed by atoms with Gasteiger partial charge in [0.2, 0.25) is 5.89 Å². The van der Waals surface area contributed by atoms with Crippen LogP contribution in [0.4, 0.5) is 0 Å². The molecule has 0 bridgehead atoms. The third-order valence-electron chi connectivity index (χ3n) is 2.21. The summed E-state index contributed by atoms with van der Waals surface area (Å²) in [5, 5.41) is 6.81. The average molecular weight is 331 g/mol. The zero-order chi connectivity index (χ0) is 13.0. The zero-order valence-corrected chi connectivity index (χ0v) is 11.5. The first-order valence-corrected chi connectivity index (χ1v) is 6.32. The second kappa shape index (κ2) is 5.97. The fourth-order valence-electron chi connectivity index (χ4n) is 1.36. The maximum absolute atomic E-state index is 11.9. The molecule has 18 heavy (non-hydrogen) atoms. The largest absolute Gasteiger partial charge is 0.351 e. The van der Waals surface area contributed by atoms with Gasteiger partial charge in [-0.1, -0.05) is 16.8 Å². The molecule has 94 valence electrons. The van der Waals surface area contributed by atoms with Crippen molar-refractivity contribution in [3.8, 4) is 0 Å². The fourth-order valence-corrected chi connectivity index (χ4v) is 2.22. The van der Waals surface area contributed by atoms with E-state index in [1.54, 1.807) is 18.2 Å². The summed E-state index contributed by atoms with van der Waals surface area (Å²) in [7, 11) is 0. The molecule has 1 heterocycles. The molecule has 0 aliphatic rings. The summed E-state index contributed by atoms with van der Waals surface area (Å²) in [5.74, 6) is 0.309. The number of amides is 1.